The monoisotopic (exact) mass is 336 g/mol. The normalized spacial score (nSPS) is 20.0. The Labute approximate surface area is 148 Å². The number of fused-ring (bicyclic) bond motifs is 1. The van der Waals surface area contributed by atoms with Gasteiger partial charge in [-0.15, -0.1) is 0 Å². The summed E-state index contributed by atoms with van der Waals surface area (Å²) in [6.07, 6.45) is 4.23. The summed E-state index contributed by atoms with van der Waals surface area (Å²) < 4.78 is 5.89. The molecule has 4 rings (SSSR count). The third kappa shape index (κ3) is 2.62. The van der Waals surface area contributed by atoms with Gasteiger partial charge in [-0.05, 0) is 54.4 Å². The van der Waals surface area contributed by atoms with Crippen LogP contribution in [0.1, 0.15) is 42.9 Å². The summed E-state index contributed by atoms with van der Waals surface area (Å²) in [7, 11) is 0. The van der Waals surface area contributed by atoms with Crippen molar-refractivity contribution in [2.24, 2.45) is 11.8 Å². The van der Waals surface area contributed by atoms with Gasteiger partial charge in [-0.1, -0.05) is 49.4 Å². The van der Waals surface area contributed by atoms with Crippen molar-refractivity contribution in [2.75, 3.05) is 6.61 Å². The molecule has 1 N–H and O–H groups in total. The highest BCUT2D eigenvalue weighted by Gasteiger charge is 2.53. The second kappa shape index (κ2) is 6.21. The zero-order valence-corrected chi connectivity index (χ0v) is 14.6. The molecule has 130 valence electrons. The van der Waals surface area contributed by atoms with E-state index in [-0.39, 0.29) is 0 Å². The minimum atomic E-state index is -0.741. The van der Waals surface area contributed by atoms with Crippen molar-refractivity contribution in [3.63, 3.8) is 0 Å². The molecule has 1 heterocycles. The second-order valence-corrected chi connectivity index (χ2v) is 7.34. The highest BCUT2D eigenvalue weighted by molar-refractivity contribution is 5.74. The van der Waals surface area contributed by atoms with E-state index in [9.17, 15) is 9.90 Å². The summed E-state index contributed by atoms with van der Waals surface area (Å²) in [6.45, 7) is 2.60. The van der Waals surface area contributed by atoms with E-state index in [0.29, 0.717) is 5.92 Å². The molecule has 0 radical (unpaired) electrons. The van der Waals surface area contributed by atoms with Gasteiger partial charge in [-0.25, -0.2) is 0 Å². The maximum atomic E-state index is 12.1. The van der Waals surface area contributed by atoms with Crippen LogP contribution in [-0.2, 0) is 16.6 Å². The van der Waals surface area contributed by atoms with Crippen LogP contribution >= 0.6 is 0 Å². The molecule has 2 atom stereocenters. The van der Waals surface area contributed by atoms with Crippen LogP contribution < -0.4 is 4.74 Å². The molecule has 3 nitrogen and oxygen atoms in total. The van der Waals surface area contributed by atoms with Crippen molar-refractivity contribution in [1.82, 2.24) is 0 Å². The van der Waals surface area contributed by atoms with E-state index in [1.54, 1.807) is 0 Å². The first-order valence-electron chi connectivity index (χ1n) is 9.18. The summed E-state index contributed by atoms with van der Waals surface area (Å²) in [6, 6.07) is 16.6. The lowest BCUT2D eigenvalue weighted by Gasteiger charge is -2.39. The molecule has 2 unspecified atom stereocenters. The molecule has 25 heavy (non-hydrogen) atoms. The number of carboxylic acids is 1. The third-order valence-corrected chi connectivity index (χ3v) is 5.92. The Morgan fingerprint density at radius 3 is 2.60 bits per heavy atom. The molecule has 3 heteroatoms. The number of aliphatic carboxylic acids is 1. The lowest BCUT2D eigenvalue weighted by Crippen LogP contribution is -2.41. The summed E-state index contributed by atoms with van der Waals surface area (Å²) >= 11 is 0. The summed E-state index contributed by atoms with van der Waals surface area (Å²) in [5.74, 6) is 0.0587. The minimum absolute atomic E-state index is 0.364. The van der Waals surface area contributed by atoms with Gasteiger partial charge in [0.25, 0.3) is 0 Å². The molecule has 2 aromatic carbocycles. The first-order valence-corrected chi connectivity index (χ1v) is 9.18. The molecule has 0 aromatic heterocycles. The first kappa shape index (κ1) is 16.2. The summed E-state index contributed by atoms with van der Waals surface area (Å²) in [4.78, 5) is 12.1. The Bertz CT molecular complexity index is 779. The van der Waals surface area contributed by atoms with Gasteiger partial charge in [0.05, 0.1) is 12.5 Å². The van der Waals surface area contributed by atoms with Crippen LogP contribution in [0.2, 0.25) is 0 Å². The number of hydrogen-bond donors (Lipinski definition) is 1. The van der Waals surface area contributed by atoms with Crippen LogP contribution in [-0.4, -0.2) is 17.7 Å². The highest BCUT2D eigenvalue weighted by Crippen LogP contribution is 2.56. The molecular weight excluding hydrogens is 312 g/mol. The van der Waals surface area contributed by atoms with E-state index in [1.165, 1.54) is 5.56 Å². The summed E-state index contributed by atoms with van der Waals surface area (Å²) in [5, 5.41) is 9.92. The van der Waals surface area contributed by atoms with Crippen LogP contribution in [0.4, 0.5) is 0 Å². The number of benzene rings is 2. The van der Waals surface area contributed by atoms with E-state index in [1.807, 2.05) is 25.1 Å². The fourth-order valence-corrected chi connectivity index (χ4v) is 4.54. The Morgan fingerprint density at radius 1 is 1.16 bits per heavy atom. The maximum absolute atomic E-state index is 12.1. The quantitative estimate of drug-likeness (QED) is 0.879. The van der Waals surface area contributed by atoms with Crippen molar-refractivity contribution in [3.8, 4) is 5.75 Å². The molecule has 2 aliphatic rings. The molecule has 0 saturated heterocycles. The van der Waals surface area contributed by atoms with Gasteiger partial charge >= 0.3 is 5.97 Å². The number of carbonyl (C=O) groups is 1. The molecule has 0 amide bonds. The number of carboxylic acid groups (broad SMARTS) is 1. The van der Waals surface area contributed by atoms with Gasteiger partial charge in [0, 0.05) is 5.41 Å². The predicted molar refractivity (Wildman–Crippen MR) is 97.0 cm³/mol. The van der Waals surface area contributed by atoms with Crippen LogP contribution in [0.15, 0.2) is 48.5 Å². The van der Waals surface area contributed by atoms with Gasteiger partial charge in [-0.2, -0.15) is 0 Å². The summed E-state index contributed by atoms with van der Waals surface area (Å²) in [5.41, 5.74) is 2.92. The standard InChI is InChI=1S/C22H24O3/c1-15(21(23)24)22(18-11-12-18,17-7-3-2-4-8-17)19-10-9-16-6-5-13-25-20(16)14-19/h2-4,7-10,14-15,18H,5-6,11-13H2,1H3,(H,23,24). The van der Waals surface area contributed by atoms with Crippen LogP contribution in [0.25, 0.3) is 0 Å². The van der Waals surface area contributed by atoms with E-state index in [2.05, 4.69) is 30.3 Å². The first-order chi connectivity index (χ1) is 12.1. The number of ether oxygens (including phenoxy) is 1. The molecule has 1 fully saturated rings. The van der Waals surface area contributed by atoms with Gasteiger partial charge in [-0.3, -0.25) is 4.79 Å². The molecule has 1 aliphatic heterocycles. The SMILES string of the molecule is CC(C(=O)O)C(c1ccccc1)(c1ccc2c(c1)OCCC2)C1CC1. The van der Waals surface area contributed by atoms with Crippen molar-refractivity contribution in [2.45, 2.75) is 38.0 Å². The van der Waals surface area contributed by atoms with E-state index >= 15 is 0 Å². The zero-order chi connectivity index (χ0) is 17.4. The minimum Gasteiger partial charge on any atom is -0.493 e. The van der Waals surface area contributed by atoms with E-state index < -0.39 is 17.3 Å². The Balaban J connectivity index is 1.92. The van der Waals surface area contributed by atoms with Crippen molar-refractivity contribution >= 4 is 5.97 Å². The number of hydrogen-bond acceptors (Lipinski definition) is 2. The molecule has 2 aromatic rings. The Kier molecular flexibility index (Phi) is 4.03. The van der Waals surface area contributed by atoms with E-state index in [4.69, 9.17) is 4.74 Å². The molecule has 0 bridgehead atoms. The Hall–Kier alpha value is -2.29. The molecule has 1 saturated carbocycles. The average Bonchev–Trinajstić information content (AvgIpc) is 3.48. The van der Waals surface area contributed by atoms with Crippen molar-refractivity contribution in [3.05, 3.63) is 65.2 Å². The predicted octanol–water partition coefficient (Wildman–Crippen LogP) is 4.43. The van der Waals surface area contributed by atoms with E-state index in [0.717, 1.165) is 49.2 Å². The average molecular weight is 336 g/mol. The smallest absolute Gasteiger partial charge is 0.307 e. The lowest BCUT2D eigenvalue weighted by molar-refractivity contribution is -0.143. The van der Waals surface area contributed by atoms with Gasteiger partial charge in [0.1, 0.15) is 5.75 Å². The maximum Gasteiger partial charge on any atom is 0.307 e. The van der Waals surface area contributed by atoms with Gasteiger partial charge < -0.3 is 9.84 Å². The fraction of sp³-hybridized carbons (Fsp3) is 0.409. The number of aryl methyl sites for hydroxylation is 1. The lowest BCUT2D eigenvalue weighted by atomic mass is 9.63. The third-order valence-electron chi connectivity index (χ3n) is 5.92. The largest absolute Gasteiger partial charge is 0.493 e. The van der Waals surface area contributed by atoms with Crippen molar-refractivity contribution < 1.29 is 14.6 Å². The Morgan fingerprint density at radius 2 is 1.92 bits per heavy atom. The second-order valence-electron chi connectivity index (χ2n) is 7.34. The molecular formula is C22H24O3. The number of rotatable bonds is 5. The van der Waals surface area contributed by atoms with Gasteiger partial charge in [0.15, 0.2) is 0 Å². The fourth-order valence-electron chi connectivity index (χ4n) is 4.54. The zero-order valence-electron chi connectivity index (χ0n) is 14.6. The van der Waals surface area contributed by atoms with Crippen LogP contribution in [0.3, 0.4) is 0 Å². The highest BCUT2D eigenvalue weighted by atomic mass is 16.5. The molecule has 0 spiro atoms. The topological polar surface area (TPSA) is 46.5 Å². The van der Waals surface area contributed by atoms with Crippen LogP contribution in [0, 0.1) is 11.8 Å². The van der Waals surface area contributed by atoms with Crippen molar-refractivity contribution in [1.29, 1.82) is 0 Å². The van der Waals surface area contributed by atoms with Crippen LogP contribution in [0.5, 0.6) is 5.75 Å². The molecule has 1 aliphatic carbocycles. The van der Waals surface area contributed by atoms with Gasteiger partial charge in [0.2, 0.25) is 0 Å².